The zero-order valence-electron chi connectivity index (χ0n) is 15.5. The molecular weight excluding hydrogens is 368 g/mol. The van der Waals surface area contributed by atoms with Gasteiger partial charge in [0.1, 0.15) is 12.4 Å². The number of benzene rings is 2. The number of nitrogens with two attached hydrogens (primary N) is 1. The molecule has 0 fully saturated rings. The Kier molecular flexibility index (Phi) is 11.1. The zero-order valence-corrected chi connectivity index (χ0v) is 17.3. The first-order valence-electron chi connectivity index (χ1n) is 8.26. The predicted molar refractivity (Wildman–Crippen MR) is 115 cm³/mol. The third kappa shape index (κ3) is 7.28. The van der Waals surface area contributed by atoms with Crippen molar-refractivity contribution in [2.75, 3.05) is 6.61 Å². The minimum Gasteiger partial charge on any atom is -0.491 e. The largest absolute Gasteiger partial charge is 0.491 e. The van der Waals surface area contributed by atoms with Crippen LogP contribution >= 0.6 is 25.9 Å². The second-order valence-electron chi connectivity index (χ2n) is 6.24. The van der Waals surface area contributed by atoms with Gasteiger partial charge in [0.05, 0.1) is 12.1 Å². The second-order valence-corrected chi connectivity index (χ2v) is 6.24. The smallest absolute Gasteiger partial charge is 0.237 e. The van der Waals surface area contributed by atoms with Gasteiger partial charge < -0.3 is 15.8 Å². The molecule has 26 heavy (non-hydrogen) atoms. The number of amides is 1. The maximum atomic E-state index is 12.2. The fraction of sp³-hybridized carbons (Fsp3) is 0.350. The summed E-state index contributed by atoms with van der Waals surface area (Å²) in [5.41, 5.74) is 9.24. The van der Waals surface area contributed by atoms with Crippen molar-refractivity contribution in [2.24, 2.45) is 5.73 Å². The van der Waals surface area contributed by atoms with E-state index in [4.69, 9.17) is 10.5 Å². The molecule has 1 amide bonds. The van der Waals surface area contributed by atoms with Crippen molar-refractivity contribution in [1.82, 2.24) is 5.32 Å². The van der Waals surface area contributed by atoms with E-state index in [0.29, 0.717) is 13.0 Å². The van der Waals surface area contributed by atoms with Gasteiger partial charge in [0.15, 0.2) is 0 Å². The molecular formula is C20H29ClN2O2S. The normalized spacial score (nSPS) is 12.2. The Morgan fingerprint density at radius 2 is 1.65 bits per heavy atom. The van der Waals surface area contributed by atoms with Gasteiger partial charge in [-0.2, -0.15) is 13.5 Å². The van der Waals surface area contributed by atoms with Gasteiger partial charge in [0.25, 0.3) is 0 Å². The lowest BCUT2D eigenvalue weighted by molar-refractivity contribution is -0.123. The highest BCUT2D eigenvalue weighted by atomic mass is 35.5. The molecule has 0 heterocycles. The van der Waals surface area contributed by atoms with Crippen LogP contribution in [0.4, 0.5) is 0 Å². The Hall–Kier alpha value is -1.69. The van der Waals surface area contributed by atoms with Crippen molar-refractivity contribution in [3.63, 3.8) is 0 Å². The molecule has 0 spiro atoms. The third-order valence-corrected chi connectivity index (χ3v) is 3.91. The van der Waals surface area contributed by atoms with Crippen LogP contribution in [0.25, 0.3) is 0 Å². The van der Waals surface area contributed by atoms with Crippen molar-refractivity contribution in [3.8, 4) is 5.75 Å². The van der Waals surface area contributed by atoms with Crippen molar-refractivity contribution < 1.29 is 9.53 Å². The average molecular weight is 397 g/mol. The fourth-order valence-electron chi connectivity index (χ4n) is 2.59. The van der Waals surface area contributed by atoms with Gasteiger partial charge in [0, 0.05) is 0 Å². The van der Waals surface area contributed by atoms with Crippen molar-refractivity contribution >= 4 is 31.8 Å². The Labute approximate surface area is 169 Å². The predicted octanol–water partition coefficient (Wildman–Crippen LogP) is 3.29. The molecule has 1 unspecified atom stereocenters. The van der Waals surface area contributed by atoms with Crippen LogP contribution in [0.1, 0.15) is 23.6 Å². The van der Waals surface area contributed by atoms with E-state index in [2.05, 4.69) is 5.32 Å². The summed E-state index contributed by atoms with van der Waals surface area (Å²) in [5.74, 6) is 0.726. The van der Waals surface area contributed by atoms with Gasteiger partial charge in [0.2, 0.25) is 5.91 Å². The summed E-state index contributed by atoms with van der Waals surface area (Å²) in [6.07, 6.45) is 0.525. The molecule has 6 heteroatoms. The number of nitrogens with one attached hydrogen (secondary N) is 1. The molecule has 0 radical (unpaired) electrons. The van der Waals surface area contributed by atoms with E-state index in [1.165, 1.54) is 0 Å². The first-order valence-corrected chi connectivity index (χ1v) is 8.26. The van der Waals surface area contributed by atoms with Crippen molar-refractivity contribution in [2.45, 2.75) is 39.3 Å². The number of ether oxygens (including phenoxy) is 1. The lowest BCUT2D eigenvalue weighted by atomic mass is 10.1. The fourth-order valence-corrected chi connectivity index (χ4v) is 2.59. The number of hydrogen-bond acceptors (Lipinski definition) is 3. The van der Waals surface area contributed by atoms with Crippen LogP contribution in [0, 0.1) is 13.8 Å². The highest BCUT2D eigenvalue weighted by Crippen LogP contribution is 2.22. The molecule has 0 saturated heterocycles. The molecule has 0 bridgehead atoms. The molecule has 144 valence electrons. The highest BCUT2D eigenvalue weighted by molar-refractivity contribution is 7.59. The molecule has 2 aromatic carbocycles. The highest BCUT2D eigenvalue weighted by Gasteiger charge is 2.17. The van der Waals surface area contributed by atoms with Gasteiger partial charge in [-0.05, 0) is 43.9 Å². The monoisotopic (exact) mass is 396 g/mol. The molecule has 3 N–H and O–H groups in total. The summed E-state index contributed by atoms with van der Waals surface area (Å²) in [7, 11) is 0. The molecule has 0 saturated carbocycles. The van der Waals surface area contributed by atoms with E-state index in [1.54, 1.807) is 0 Å². The lowest BCUT2D eigenvalue weighted by Gasteiger charge is -2.19. The molecule has 2 rings (SSSR count). The van der Waals surface area contributed by atoms with Crippen LogP contribution in [0.2, 0.25) is 0 Å². The van der Waals surface area contributed by atoms with Gasteiger partial charge in [-0.1, -0.05) is 48.5 Å². The van der Waals surface area contributed by atoms with E-state index < -0.39 is 6.04 Å². The third-order valence-electron chi connectivity index (χ3n) is 3.91. The Morgan fingerprint density at radius 1 is 1.08 bits per heavy atom. The first-order chi connectivity index (χ1) is 11.5. The average Bonchev–Trinajstić information content (AvgIpc) is 2.55. The van der Waals surface area contributed by atoms with Crippen molar-refractivity contribution in [1.29, 1.82) is 0 Å². The molecule has 2 aromatic rings. The number of carbonyl (C=O) groups excluding carboxylic acids is 1. The summed E-state index contributed by atoms with van der Waals surface area (Å²) >= 11 is 0. The van der Waals surface area contributed by atoms with Gasteiger partial charge in [-0.25, -0.2) is 0 Å². The van der Waals surface area contributed by atoms with Gasteiger partial charge in [-0.15, -0.1) is 12.4 Å². The zero-order chi connectivity index (χ0) is 17.5. The first kappa shape index (κ1) is 24.3. The standard InChI is InChI=1S/C20H26N2O2.ClH.H2S/c1-14-8-7-9-15(2)19(14)24-13-16(3)22-20(23)18(21)12-17-10-5-4-6-11-17;;/h4-11,16,18H,12-13,21H2,1-3H3,(H,22,23);1H;1H2/t16?,18-;;/m0../s1. The molecule has 0 aliphatic carbocycles. The molecule has 0 aliphatic rings. The minimum atomic E-state index is -0.560. The molecule has 0 aliphatic heterocycles. The topological polar surface area (TPSA) is 64.3 Å². The summed E-state index contributed by atoms with van der Waals surface area (Å²) in [5, 5.41) is 2.92. The van der Waals surface area contributed by atoms with Crippen LogP contribution < -0.4 is 15.8 Å². The second kappa shape index (κ2) is 11.8. The Bertz CT molecular complexity index is 663. The Morgan fingerprint density at radius 3 is 2.23 bits per heavy atom. The number of aryl methyl sites for hydroxylation is 2. The molecule has 2 atom stereocenters. The quantitative estimate of drug-likeness (QED) is 0.754. The minimum absolute atomic E-state index is 0. The van der Waals surface area contributed by atoms with Gasteiger partial charge >= 0.3 is 0 Å². The summed E-state index contributed by atoms with van der Waals surface area (Å²) in [6.45, 7) is 6.36. The number of carbonyl (C=O) groups is 1. The molecule has 4 nitrogen and oxygen atoms in total. The van der Waals surface area contributed by atoms with Gasteiger partial charge in [-0.3, -0.25) is 4.79 Å². The summed E-state index contributed by atoms with van der Waals surface area (Å²) in [6, 6.07) is 15.1. The number of halogens is 1. The van der Waals surface area contributed by atoms with E-state index in [1.807, 2.05) is 69.3 Å². The van der Waals surface area contributed by atoms with Crippen LogP contribution in [-0.2, 0) is 11.2 Å². The summed E-state index contributed by atoms with van der Waals surface area (Å²) in [4.78, 5) is 12.2. The van der Waals surface area contributed by atoms with Crippen LogP contribution in [0.3, 0.4) is 0 Å². The number of para-hydroxylation sites is 1. The van der Waals surface area contributed by atoms with Crippen LogP contribution in [0.5, 0.6) is 5.75 Å². The number of rotatable bonds is 7. The SMILES string of the molecule is Cc1cccc(C)c1OCC(C)NC(=O)[C@@H](N)Cc1ccccc1.Cl.S. The van der Waals surface area contributed by atoms with E-state index >= 15 is 0 Å². The summed E-state index contributed by atoms with van der Waals surface area (Å²) < 4.78 is 5.87. The lowest BCUT2D eigenvalue weighted by Crippen LogP contribution is -2.47. The van der Waals surface area contributed by atoms with Crippen molar-refractivity contribution in [3.05, 3.63) is 65.2 Å². The van der Waals surface area contributed by atoms with Crippen LogP contribution in [-0.4, -0.2) is 24.6 Å². The maximum Gasteiger partial charge on any atom is 0.237 e. The molecule has 0 aromatic heterocycles. The number of hydrogen-bond donors (Lipinski definition) is 2. The maximum absolute atomic E-state index is 12.2. The Balaban J connectivity index is 0.00000312. The van der Waals surface area contributed by atoms with E-state index in [9.17, 15) is 4.79 Å². The van der Waals surface area contributed by atoms with Crippen LogP contribution in [0.15, 0.2) is 48.5 Å². The van der Waals surface area contributed by atoms with E-state index in [-0.39, 0.29) is 37.9 Å². The van der Waals surface area contributed by atoms with E-state index in [0.717, 1.165) is 22.4 Å².